The molecule has 0 radical (unpaired) electrons. The molecule has 6 nitrogen and oxygen atoms in total. The molecule has 2 atom stereocenters. The van der Waals surface area contributed by atoms with Crippen LogP contribution in [0, 0.1) is 11.3 Å². The Kier molecular flexibility index (Phi) is 7.06. The second-order valence-corrected chi connectivity index (χ2v) is 8.49. The van der Waals surface area contributed by atoms with E-state index in [1.807, 2.05) is 18.2 Å². The number of rotatable bonds is 7. The van der Waals surface area contributed by atoms with Crippen molar-refractivity contribution in [2.75, 3.05) is 13.2 Å². The summed E-state index contributed by atoms with van der Waals surface area (Å²) in [6.07, 6.45) is -0.872. The lowest BCUT2D eigenvalue weighted by Crippen LogP contribution is -2.58. The SMILES string of the molecule is CCOC(=O)C1(C(=O)OCC)[C@H](C(=O)c2ccc(Cl)cc2)[C@@H](c2ccccc2)OC1(C)C. The van der Waals surface area contributed by atoms with Crippen LogP contribution in [0.15, 0.2) is 54.6 Å². The molecule has 170 valence electrons. The van der Waals surface area contributed by atoms with Crippen LogP contribution in [0.4, 0.5) is 0 Å². The average molecular weight is 459 g/mol. The highest BCUT2D eigenvalue weighted by molar-refractivity contribution is 6.30. The van der Waals surface area contributed by atoms with Gasteiger partial charge in [0.25, 0.3) is 0 Å². The second kappa shape index (κ2) is 9.43. The number of hydrogen-bond donors (Lipinski definition) is 0. The summed E-state index contributed by atoms with van der Waals surface area (Å²) in [4.78, 5) is 40.9. The van der Waals surface area contributed by atoms with Crippen molar-refractivity contribution in [3.8, 4) is 0 Å². The number of carbonyl (C=O) groups is 3. The minimum absolute atomic E-state index is 0.0356. The third-order valence-corrected chi connectivity index (χ3v) is 6.13. The second-order valence-electron chi connectivity index (χ2n) is 8.06. The molecule has 0 unspecified atom stereocenters. The third kappa shape index (κ3) is 3.93. The molecule has 0 saturated carbocycles. The lowest BCUT2D eigenvalue weighted by molar-refractivity contribution is -0.185. The lowest BCUT2D eigenvalue weighted by atomic mass is 9.63. The number of benzene rings is 2. The normalized spacial score (nSPS) is 21.0. The number of hydrogen-bond acceptors (Lipinski definition) is 6. The van der Waals surface area contributed by atoms with Gasteiger partial charge in [0.15, 0.2) is 5.78 Å². The lowest BCUT2D eigenvalue weighted by Gasteiger charge is -2.37. The Hall–Kier alpha value is -2.70. The zero-order valence-electron chi connectivity index (χ0n) is 18.6. The molecule has 7 heteroatoms. The van der Waals surface area contributed by atoms with Gasteiger partial charge in [-0.15, -0.1) is 0 Å². The Labute approximate surface area is 192 Å². The number of carbonyl (C=O) groups excluding carboxylic acids is 3. The van der Waals surface area contributed by atoms with E-state index < -0.39 is 40.8 Å². The van der Waals surface area contributed by atoms with E-state index in [2.05, 4.69) is 0 Å². The first-order valence-corrected chi connectivity index (χ1v) is 11.0. The maximum Gasteiger partial charge on any atom is 0.327 e. The first-order chi connectivity index (χ1) is 15.2. The van der Waals surface area contributed by atoms with Crippen molar-refractivity contribution in [1.29, 1.82) is 0 Å². The highest BCUT2D eigenvalue weighted by Crippen LogP contribution is 2.58. The first-order valence-electron chi connectivity index (χ1n) is 10.6. The van der Waals surface area contributed by atoms with Gasteiger partial charge in [0.1, 0.15) is 0 Å². The van der Waals surface area contributed by atoms with Gasteiger partial charge in [-0.3, -0.25) is 14.4 Å². The minimum atomic E-state index is -2.00. The minimum Gasteiger partial charge on any atom is -0.465 e. The Bertz CT molecular complexity index is 965. The molecular formula is C25H27ClO6. The monoisotopic (exact) mass is 458 g/mol. The molecule has 3 rings (SSSR count). The Morgan fingerprint density at radius 3 is 1.94 bits per heavy atom. The van der Waals surface area contributed by atoms with Crippen LogP contribution in [0.1, 0.15) is 49.7 Å². The fourth-order valence-corrected chi connectivity index (χ4v) is 4.56. The average Bonchev–Trinajstić information content (AvgIpc) is 3.03. The molecular weight excluding hydrogens is 432 g/mol. The summed E-state index contributed by atoms with van der Waals surface area (Å²) < 4.78 is 17.0. The summed E-state index contributed by atoms with van der Waals surface area (Å²) in [6, 6.07) is 15.4. The summed E-state index contributed by atoms with van der Waals surface area (Å²) >= 11 is 6.00. The van der Waals surface area contributed by atoms with E-state index in [4.69, 9.17) is 25.8 Å². The van der Waals surface area contributed by atoms with Crippen LogP contribution in [-0.4, -0.2) is 36.5 Å². The van der Waals surface area contributed by atoms with Crippen LogP contribution in [-0.2, 0) is 23.8 Å². The van der Waals surface area contributed by atoms with Gasteiger partial charge in [0, 0.05) is 10.6 Å². The van der Waals surface area contributed by atoms with Crippen molar-refractivity contribution in [3.63, 3.8) is 0 Å². The molecule has 1 saturated heterocycles. The molecule has 1 fully saturated rings. The Morgan fingerprint density at radius 2 is 1.44 bits per heavy atom. The van der Waals surface area contributed by atoms with Crippen molar-refractivity contribution in [2.24, 2.45) is 11.3 Å². The number of Topliss-reactive ketones (excluding diaryl/α,β-unsaturated/α-hetero) is 1. The standard InChI is InChI=1S/C25H27ClO6/c1-5-30-22(28)25(23(29)31-6-2)19(20(27)16-12-14-18(26)15-13-16)21(32-24(25,3)4)17-10-8-7-9-11-17/h7-15,19,21H,5-6H2,1-4H3/t19-,21-/m1/s1. The van der Waals surface area contributed by atoms with Crippen molar-refractivity contribution in [2.45, 2.75) is 39.4 Å². The Balaban J connectivity index is 2.28. The summed E-state index contributed by atoms with van der Waals surface area (Å²) in [6.45, 7) is 6.59. The van der Waals surface area contributed by atoms with Crippen molar-refractivity contribution in [3.05, 3.63) is 70.7 Å². The van der Waals surface area contributed by atoms with E-state index in [0.717, 1.165) is 0 Å². The number of ketones is 1. The van der Waals surface area contributed by atoms with Crippen molar-refractivity contribution >= 4 is 29.3 Å². The van der Waals surface area contributed by atoms with Gasteiger partial charge in [0.2, 0.25) is 5.41 Å². The van der Waals surface area contributed by atoms with Crippen LogP contribution < -0.4 is 0 Å². The van der Waals surface area contributed by atoms with Crippen LogP contribution >= 0.6 is 11.6 Å². The summed E-state index contributed by atoms with van der Waals surface area (Å²) in [5.41, 5.74) is -2.42. The van der Waals surface area contributed by atoms with E-state index in [1.165, 1.54) is 0 Å². The third-order valence-electron chi connectivity index (χ3n) is 5.87. The van der Waals surface area contributed by atoms with Gasteiger partial charge >= 0.3 is 11.9 Å². The molecule has 32 heavy (non-hydrogen) atoms. The van der Waals surface area contributed by atoms with Gasteiger partial charge < -0.3 is 14.2 Å². The Morgan fingerprint density at radius 1 is 0.906 bits per heavy atom. The summed E-state index contributed by atoms with van der Waals surface area (Å²) in [7, 11) is 0. The van der Waals surface area contributed by atoms with E-state index in [0.29, 0.717) is 16.1 Å². The molecule has 1 heterocycles. The van der Waals surface area contributed by atoms with Gasteiger partial charge in [0.05, 0.1) is 30.8 Å². The predicted octanol–water partition coefficient (Wildman–Crippen LogP) is 4.80. The van der Waals surface area contributed by atoms with E-state index in [9.17, 15) is 14.4 Å². The zero-order chi connectivity index (χ0) is 23.5. The molecule has 0 bridgehead atoms. The van der Waals surface area contributed by atoms with Crippen LogP contribution in [0.2, 0.25) is 5.02 Å². The van der Waals surface area contributed by atoms with Crippen LogP contribution in [0.5, 0.6) is 0 Å². The number of halogens is 1. The quantitative estimate of drug-likeness (QED) is 0.337. The smallest absolute Gasteiger partial charge is 0.327 e. The van der Waals surface area contributed by atoms with Gasteiger partial charge in [-0.2, -0.15) is 0 Å². The van der Waals surface area contributed by atoms with E-state index in [-0.39, 0.29) is 13.2 Å². The van der Waals surface area contributed by atoms with Crippen LogP contribution in [0.3, 0.4) is 0 Å². The molecule has 0 aliphatic carbocycles. The topological polar surface area (TPSA) is 78.9 Å². The first kappa shape index (κ1) is 24.0. The molecule has 2 aromatic carbocycles. The summed E-state index contributed by atoms with van der Waals surface area (Å²) in [5, 5.41) is 0.464. The largest absolute Gasteiger partial charge is 0.465 e. The summed E-state index contributed by atoms with van der Waals surface area (Å²) in [5.74, 6) is -3.32. The predicted molar refractivity (Wildman–Crippen MR) is 119 cm³/mol. The zero-order valence-corrected chi connectivity index (χ0v) is 19.3. The maximum atomic E-state index is 13.9. The molecule has 2 aromatic rings. The van der Waals surface area contributed by atoms with Gasteiger partial charge in [-0.05, 0) is 57.5 Å². The molecule has 0 N–H and O–H groups in total. The van der Waals surface area contributed by atoms with E-state index in [1.54, 1.807) is 64.1 Å². The van der Waals surface area contributed by atoms with Crippen molar-refractivity contribution < 1.29 is 28.6 Å². The fourth-order valence-electron chi connectivity index (χ4n) is 4.43. The fraction of sp³-hybridized carbons (Fsp3) is 0.400. The van der Waals surface area contributed by atoms with E-state index >= 15 is 0 Å². The van der Waals surface area contributed by atoms with Gasteiger partial charge in [-0.25, -0.2) is 0 Å². The van der Waals surface area contributed by atoms with Crippen molar-refractivity contribution in [1.82, 2.24) is 0 Å². The number of esters is 2. The molecule has 1 aliphatic rings. The highest BCUT2D eigenvalue weighted by atomic mass is 35.5. The highest BCUT2D eigenvalue weighted by Gasteiger charge is 2.74. The number of ether oxygens (including phenoxy) is 3. The molecule has 0 amide bonds. The molecule has 0 aromatic heterocycles. The van der Waals surface area contributed by atoms with Crippen LogP contribution in [0.25, 0.3) is 0 Å². The van der Waals surface area contributed by atoms with Gasteiger partial charge in [-0.1, -0.05) is 41.9 Å². The molecule has 0 spiro atoms. The maximum absolute atomic E-state index is 13.9. The molecule has 1 aliphatic heterocycles.